The lowest BCUT2D eigenvalue weighted by Crippen LogP contribution is -2.44. The fourth-order valence-electron chi connectivity index (χ4n) is 4.39. The highest BCUT2D eigenvalue weighted by atomic mass is 35.5. The molecule has 14 heteroatoms. The van der Waals surface area contributed by atoms with E-state index in [1.54, 1.807) is 36.4 Å². The number of allylic oxidation sites excluding steroid dienone is 6. The number of rotatable bonds is 11. The van der Waals surface area contributed by atoms with E-state index in [9.17, 15) is 37.1 Å². The Kier molecular flexibility index (Phi) is 13.5. The molecule has 0 saturated heterocycles. The number of aryl methyl sites for hydroxylation is 1. The number of carboxylic acid groups (broad SMARTS) is 1. The number of alkyl halides is 3. The average Bonchev–Trinajstić information content (AvgIpc) is 3.31. The van der Waals surface area contributed by atoms with E-state index in [1.807, 2.05) is 0 Å². The maximum atomic E-state index is 13.0. The van der Waals surface area contributed by atoms with Gasteiger partial charge in [-0.25, -0.2) is 9.18 Å². The van der Waals surface area contributed by atoms with Crippen molar-refractivity contribution in [2.75, 3.05) is 13.4 Å². The molecule has 2 amide bonds. The highest BCUT2D eigenvalue weighted by Crippen LogP contribution is 2.31. The zero-order valence-electron chi connectivity index (χ0n) is 25.1. The molecule has 0 aliphatic heterocycles. The van der Waals surface area contributed by atoms with Gasteiger partial charge in [0.05, 0.1) is 22.8 Å². The standard InChI is InChI=1S/C21H22F3NO5.C13H9ClFNO2/c22-21(23,24)17-3-1-2-15(9-10-17)16-7-4-14(5-8-16)6-11-19(27)25-18(20(28)29)12-30-13-26;14-10-6-8(1-3-11(10)15)7-2-4-12(17)9(5-7)13(16)18/h1-5,7-8,10,18,26H,6,9,11-13H2,(H,25,27)(H,28,29);1-6,17H,(H2,16,18). The summed E-state index contributed by atoms with van der Waals surface area (Å²) in [7, 11) is 0. The van der Waals surface area contributed by atoms with Crippen LogP contribution in [0.25, 0.3) is 16.7 Å². The van der Waals surface area contributed by atoms with E-state index < -0.39 is 48.2 Å². The maximum Gasteiger partial charge on any atom is 0.416 e. The number of aromatic hydroxyl groups is 1. The van der Waals surface area contributed by atoms with Crippen molar-refractivity contribution in [3.63, 3.8) is 0 Å². The van der Waals surface area contributed by atoms with Crippen molar-refractivity contribution in [2.45, 2.75) is 31.5 Å². The van der Waals surface area contributed by atoms with Crippen molar-refractivity contribution in [3.05, 3.63) is 118 Å². The number of amides is 2. The quantitative estimate of drug-likeness (QED) is 0.123. The lowest BCUT2D eigenvalue weighted by molar-refractivity contribution is -0.144. The molecule has 1 aliphatic rings. The third-order valence-electron chi connectivity index (χ3n) is 6.93. The molecule has 3 aromatic carbocycles. The van der Waals surface area contributed by atoms with Crippen LogP contribution in [0.1, 0.15) is 34.3 Å². The lowest BCUT2D eigenvalue weighted by Gasteiger charge is -2.14. The summed E-state index contributed by atoms with van der Waals surface area (Å²) in [5.74, 6) is -3.19. The number of carboxylic acids is 1. The Bertz CT molecular complexity index is 1720. The number of phenols is 1. The van der Waals surface area contributed by atoms with E-state index in [2.05, 4.69) is 10.1 Å². The van der Waals surface area contributed by atoms with Crippen LogP contribution < -0.4 is 11.1 Å². The van der Waals surface area contributed by atoms with Crippen LogP contribution in [-0.4, -0.2) is 58.7 Å². The second-order valence-corrected chi connectivity index (χ2v) is 10.7. The average molecular weight is 691 g/mol. The number of hydrogen-bond donors (Lipinski definition) is 5. The minimum Gasteiger partial charge on any atom is -0.507 e. The molecule has 254 valence electrons. The molecule has 1 aliphatic carbocycles. The molecule has 3 aromatic rings. The number of aliphatic carboxylic acids is 1. The summed E-state index contributed by atoms with van der Waals surface area (Å²) in [5.41, 5.74) is 8.04. The molecule has 6 N–H and O–H groups in total. The number of nitrogens with one attached hydrogen (secondary N) is 1. The normalized spacial score (nSPS) is 13.3. The number of aliphatic hydroxyl groups excluding tert-OH is 1. The summed E-state index contributed by atoms with van der Waals surface area (Å²) in [6.45, 7) is -0.994. The van der Waals surface area contributed by atoms with Gasteiger partial charge in [0, 0.05) is 6.42 Å². The van der Waals surface area contributed by atoms with Gasteiger partial charge < -0.3 is 31.1 Å². The van der Waals surface area contributed by atoms with Gasteiger partial charge >= 0.3 is 12.1 Å². The third-order valence-corrected chi connectivity index (χ3v) is 7.22. The van der Waals surface area contributed by atoms with E-state index in [0.29, 0.717) is 17.5 Å². The minimum atomic E-state index is -4.38. The number of ether oxygens (including phenoxy) is 1. The summed E-state index contributed by atoms with van der Waals surface area (Å²) < 4.78 is 56.1. The van der Waals surface area contributed by atoms with Gasteiger partial charge in [0.15, 0.2) is 6.04 Å². The van der Waals surface area contributed by atoms with E-state index in [-0.39, 0.29) is 35.8 Å². The Hall–Kier alpha value is -4.98. The molecule has 9 nitrogen and oxygen atoms in total. The van der Waals surface area contributed by atoms with Crippen LogP contribution in [0, 0.1) is 5.82 Å². The topological polar surface area (TPSA) is 159 Å². The fourth-order valence-corrected chi connectivity index (χ4v) is 4.57. The largest absolute Gasteiger partial charge is 0.507 e. The number of carbonyl (C=O) groups is 3. The molecule has 0 fully saturated rings. The minimum absolute atomic E-state index is 0.00736. The number of hydrogen-bond acceptors (Lipinski definition) is 6. The van der Waals surface area contributed by atoms with Crippen molar-refractivity contribution < 1.29 is 52.0 Å². The SMILES string of the molecule is NC(=O)c1cc(-c2ccc(F)c(Cl)c2)ccc1O.O=C(CCc1ccc(C2=CC=CC(C(F)(F)F)=CC2)cc1)NC(COCO)C(=O)O. The zero-order valence-corrected chi connectivity index (χ0v) is 25.9. The Morgan fingerprint density at radius 3 is 2.25 bits per heavy atom. The molecule has 0 saturated carbocycles. The van der Waals surface area contributed by atoms with Crippen LogP contribution >= 0.6 is 11.6 Å². The van der Waals surface area contributed by atoms with Crippen LogP contribution in [-0.2, 0) is 20.7 Å². The Balaban J connectivity index is 0.000000294. The highest BCUT2D eigenvalue weighted by molar-refractivity contribution is 6.31. The molecule has 48 heavy (non-hydrogen) atoms. The first kappa shape index (κ1) is 37.5. The molecular formula is C34H31ClF4N2O7. The van der Waals surface area contributed by atoms with Gasteiger partial charge in [-0.2, -0.15) is 13.2 Å². The van der Waals surface area contributed by atoms with Crippen molar-refractivity contribution >= 4 is 35.0 Å². The van der Waals surface area contributed by atoms with Crippen LogP contribution in [0.15, 0.2) is 90.5 Å². The second-order valence-electron chi connectivity index (χ2n) is 10.3. The molecule has 0 aromatic heterocycles. The summed E-state index contributed by atoms with van der Waals surface area (Å²) in [6, 6.07) is 14.4. The zero-order chi connectivity index (χ0) is 35.4. The fraction of sp³-hybridized carbons (Fsp3) is 0.206. The first-order valence-electron chi connectivity index (χ1n) is 14.2. The maximum absolute atomic E-state index is 13.0. The number of nitrogens with two attached hydrogens (primary N) is 1. The van der Waals surface area contributed by atoms with E-state index in [4.69, 9.17) is 27.5 Å². The number of carbonyl (C=O) groups excluding carboxylic acids is 2. The van der Waals surface area contributed by atoms with Crippen molar-refractivity contribution in [3.8, 4) is 16.9 Å². The van der Waals surface area contributed by atoms with Crippen LogP contribution in [0.5, 0.6) is 5.75 Å². The molecule has 0 radical (unpaired) electrons. The first-order valence-corrected chi connectivity index (χ1v) is 14.6. The number of aliphatic hydroxyl groups is 1. The van der Waals surface area contributed by atoms with Gasteiger partial charge in [-0.15, -0.1) is 0 Å². The number of primary amides is 1. The van der Waals surface area contributed by atoms with E-state index >= 15 is 0 Å². The van der Waals surface area contributed by atoms with Gasteiger partial charge in [-0.05, 0) is 64.9 Å². The number of halogens is 5. The van der Waals surface area contributed by atoms with Gasteiger partial charge in [-0.3, -0.25) is 9.59 Å². The lowest BCUT2D eigenvalue weighted by atomic mass is 9.99. The van der Waals surface area contributed by atoms with Gasteiger partial charge in [0.1, 0.15) is 18.4 Å². The summed E-state index contributed by atoms with van der Waals surface area (Å²) in [6.07, 6.45) is 1.37. The Morgan fingerprint density at radius 1 is 1.00 bits per heavy atom. The monoisotopic (exact) mass is 690 g/mol. The van der Waals surface area contributed by atoms with E-state index in [1.165, 1.54) is 36.4 Å². The summed E-state index contributed by atoms with van der Waals surface area (Å²) in [5, 5.41) is 29.4. The highest BCUT2D eigenvalue weighted by Gasteiger charge is 2.31. The second kappa shape index (κ2) is 17.3. The summed E-state index contributed by atoms with van der Waals surface area (Å²) >= 11 is 5.68. The van der Waals surface area contributed by atoms with Crippen LogP contribution in [0.3, 0.4) is 0 Å². The van der Waals surface area contributed by atoms with Crippen molar-refractivity contribution in [1.29, 1.82) is 0 Å². The third kappa shape index (κ3) is 11.1. The molecular weight excluding hydrogens is 660 g/mol. The van der Waals surface area contributed by atoms with Gasteiger partial charge in [-0.1, -0.05) is 72.3 Å². The van der Waals surface area contributed by atoms with Gasteiger partial charge in [0.2, 0.25) is 5.91 Å². The van der Waals surface area contributed by atoms with Gasteiger partial charge in [0.25, 0.3) is 5.91 Å². The van der Waals surface area contributed by atoms with Crippen LogP contribution in [0.2, 0.25) is 5.02 Å². The van der Waals surface area contributed by atoms with Crippen LogP contribution in [0.4, 0.5) is 17.6 Å². The molecule has 0 spiro atoms. The van der Waals surface area contributed by atoms with E-state index in [0.717, 1.165) is 28.9 Å². The smallest absolute Gasteiger partial charge is 0.416 e. The predicted octanol–water partition coefficient (Wildman–Crippen LogP) is 5.94. The number of benzene rings is 3. The van der Waals surface area contributed by atoms with Crippen molar-refractivity contribution in [1.82, 2.24) is 5.32 Å². The molecule has 1 atom stereocenters. The first-order chi connectivity index (χ1) is 22.7. The summed E-state index contributed by atoms with van der Waals surface area (Å²) in [4.78, 5) is 34.1. The molecule has 0 heterocycles. The Morgan fingerprint density at radius 2 is 1.65 bits per heavy atom. The molecule has 0 bridgehead atoms. The Labute approximate surface area is 277 Å². The molecule has 1 unspecified atom stereocenters. The molecule has 4 rings (SSSR count). The predicted molar refractivity (Wildman–Crippen MR) is 170 cm³/mol. The van der Waals surface area contributed by atoms with Crippen molar-refractivity contribution in [2.24, 2.45) is 5.73 Å².